The van der Waals surface area contributed by atoms with Crippen LogP contribution in [0.5, 0.6) is 0 Å². The minimum Gasteiger partial charge on any atom is -0.306 e. The summed E-state index contributed by atoms with van der Waals surface area (Å²) in [6, 6.07) is 9.73. The second-order valence-electron chi connectivity index (χ2n) is 5.07. The molecule has 1 nitrogen and oxygen atoms in total. The van der Waals surface area contributed by atoms with Crippen LogP contribution in [-0.2, 0) is 6.42 Å². The molecule has 0 spiro atoms. The van der Waals surface area contributed by atoms with E-state index in [2.05, 4.69) is 31.3 Å². The molecule has 0 aliphatic carbocycles. The van der Waals surface area contributed by atoms with Gasteiger partial charge in [0.25, 0.3) is 0 Å². The summed E-state index contributed by atoms with van der Waals surface area (Å²) in [4.78, 5) is 2.54. The normalized spacial score (nSPS) is 12.6. The molecule has 1 aromatic heterocycles. The highest BCUT2D eigenvalue weighted by atomic mass is 32.1. The molecule has 2 rings (SSSR count). The Morgan fingerprint density at radius 3 is 2.60 bits per heavy atom. The molecule has 1 heterocycles. The summed E-state index contributed by atoms with van der Waals surface area (Å²) in [7, 11) is 0. The Bertz CT molecular complexity index is 562. The molecule has 108 valence electrons. The first-order valence-electron chi connectivity index (χ1n) is 7.23. The van der Waals surface area contributed by atoms with Gasteiger partial charge in [-0.2, -0.15) is 0 Å². The SMILES string of the molecule is CCCNC(c1ccc(CC)s1)c1ccc(C)cc1F. The number of aryl methyl sites for hydroxylation is 2. The average molecular weight is 291 g/mol. The highest BCUT2D eigenvalue weighted by Crippen LogP contribution is 2.30. The van der Waals surface area contributed by atoms with E-state index in [1.54, 1.807) is 17.4 Å². The van der Waals surface area contributed by atoms with Crippen molar-refractivity contribution in [3.63, 3.8) is 0 Å². The van der Waals surface area contributed by atoms with Gasteiger partial charge in [-0.1, -0.05) is 26.0 Å². The van der Waals surface area contributed by atoms with E-state index in [-0.39, 0.29) is 11.9 Å². The summed E-state index contributed by atoms with van der Waals surface area (Å²) >= 11 is 1.77. The molecule has 3 heteroatoms. The lowest BCUT2D eigenvalue weighted by Crippen LogP contribution is -2.23. The maximum absolute atomic E-state index is 14.3. The smallest absolute Gasteiger partial charge is 0.128 e. The van der Waals surface area contributed by atoms with Crippen molar-refractivity contribution in [2.24, 2.45) is 0 Å². The summed E-state index contributed by atoms with van der Waals surface area (Å²) in [6.45, 7) is 7.08. The largest absolute Gasteiger partial charge is 0.306 e. The van der Waals surface area contributed by atoms with Crippen LogP contribution >= 0.6 is 11.3 Å². The monoisotopic (exact) mass is 291 g/mol. The highest BCUT2D eigenvalue weighted by Gasteiger charge is 2.19. The molecule has 0 saturated carbocycles. The molecule has 20 heavy (non-hydrogen) atoms. The molecule has 0 radical (unpaired) electrons. The van der Waals surface area contributed by atoms with Gasteiger partial charge in [-0.25, -0.2) is 4.39 Å². The Labute approximate surface area is 124 Å². The Morgan fingerprint density at radius 2 is 2.00 bits per heavy atom. The second-order valence-corrected chi connectivity index (χ2v) is 6.27. The van der Waals surface area contributed by atoms with Crippen molar-refractivity contribution in [3.05, 3.63) is 57.0 Å². The Balaban J connectivity index is 2.35. The van der Waals surface area contributed by atoms with Crippen molar-refractivity contribution in [2.45, 2.75) is 39.7 Å². The van der Waals surface area contributed by atoms with Gasteiger partial charge < -0.3 is 5.32 Å². The number of hydrogen-bond donors (Lipinski definition) is 1. The number of benzene rings is 1. The van der Waals surface area contributed by atoms with Gasteiger partial charge in [0.05, 0.1) is 6.04 Å². The maximum atomic E-state index is 14.3. The van der Waals surface area contributed by atoms with Gasteiger partial charge in [-0.05, 0) is 50.1 Å². The standard InChI is InChI=1S/C17H22FNS/c1-4-10-19-17(16-9-7-13(5-2)20-16)14-8-6-12(3)11-15(14)18/h6-9,11,17,19H,4-5,10H2,1-3H3. The molecule has 1 atom stereocenters. The van der Waals surface area contributed by atoms with E-state index in [0.29, 0.717) is 0 Å². The molecule has 2 aromatic rings. The highest BCUT2D eigenvalue weighted by molar-refractivity contribution is 7.12. The summed E-state index contributed by atoms with van der Waals surface area (Å²) in [5, 5.41) is 3.47. The molecule has 0 aliphatic rings. The third-order valence-corrected chi connectivity index (χ3v) is 4.68. The predicted octanol–water partition coefficient (Wildman–Crippen LogP) is 4.85. The zero-order valence-corrected chi connectivity index (χ0v) is 13.2. The van der Waals surface area contributed by atoms with Crippen molar-refractivity contribution < 1.29 is 4.39 Å². The van der Waals surface area contributed by atoms with E-state index in [0.717, 1.165) is 30.5 Å². The maximum Gasteiger partial charge on any atom is 0.128 e. The predicted molar refractivity (Wildman–Crippen MR) is 85.0 cm³/mol. The van der Waals surface area contributed by atoms with E-state index in [4.69, 9.17) is 0 Å². The molecule has 0 amide bonds. The van der Waals surface area contributed by atoms with Crippen molar-refractivity contribution in [3.8, 4) is 0 Å². The fraction of sp³-hybridized carbons (Fsp3) is 0.412. The Kier molecular flexibility index (Phi) is 5.32. The third-order valence-electron chi connectivity index (χ3n) is 3.38. The fourth-order valence-corrected chi connectivity index (χ4v) is 3.31. The summed E-state index contributed by atoms with van der Waals surface area (Å²) in [5.41, 5.74) is 1.70. The van der Waals surface area contributed by atoms with E-state index in [1.807, 2.05) is 19.1 Å². The van der Waals surface area contributed by atoms with Crippen LogP contribution in [0, 0.1) is 12.7 Å². The lowest BCUT2D eigenvalue weighted by molar-refractivity contribution is 0.550. The first-order valence-corrected chi connectivity index (χ1v) is 8.05. The van der Waals surface area contributed by atoms with Crippen LogP contribution in [0.2, 0.25) is 0 Å². The summed E-state index contributed by atoms with van der Waals surface area (Å²) in [5.74, 6) is -0.120. The lowest BCUT2D eigenvalue weighted by Gasteiger charge is -2.18. The van der Waals surface area contributed by atoms with Crippen molar-refractivity contribution in [1.82, 2.24) is 5.32 Å². The number of rotatable bonds is 6. The summed E-state index contributed by atoms with van der Waals surface area (Å²) in [6.07, 6.45) is 2.07. The second kappa shape index (κ2) is 7.00. The van der Waals surface area contributed by atoms with Crippen LogP contribution in [0.4, 0.5) is 4.39 Å². The molecule has 0 fully saturated rings. The van der Waals surface area contributed by atoms with E-state index in [9.17, 15) is 4.39 Å². The fourth-order valence-electron chi connectivity index (χ4n) is 2.26. The van der Waals surface area contributed by atoms with Crippen molar-refractivity contribution in [2.75, 3.05) is 6.54 Å². The van der Waals surface area contributed by atoms with Gasteiger partial charge in [0.2, 0.25) is 0 Å². The van der Waals surface area contributed by atoms with Crippen LogP contribution in [0.25, 0.3) is 0 Å². The number of halogens is 1. The van der Waals surface area contributed by atoms with Crippen LogP contribution in [-0.4, -0.2) is 6.54 Å². The molecule has 1 aromatic carbocycles. The number of thiophene rings is 1. The summed E-state index contributed by atoms with van der Waals surface area (Å²) < 4.78 is 14.3. The first kappa shape index (κ1) is 15.2. The first-order chi connectivity index (χ1) is 9.65. The lowest BCUT2D eigenvalue weighted by atomic mass is 10.0. The van der Waals surface area contributed by atoms with Crippen molar-refractivity contribution >= 4 is 11.3 Å². The number of hydrogen-bond acceptors (Lipinski definition) is 2. The Morgan fingerprint density at radius 1 is 1.20 bits per heavy atom. The quantitative estimate of drug-likeness (QED) is 0.802. The van der Waals surface area contributed by atoms with Crippen LogP contribution < -0.4 is 5.32 Å². The van der Waals surface area contributed by atoms with E-state index >= 15 is 0 Å². The van der Waals surface area contributed by atoms with Gasteiger partial charge in [0, 0.05) is 15.3 Å². The van der Waals surface area contributed by atoms with Gasteiger partial charge in [0.1, 0.15) is 5.82 Å². The average Bonchev–Trinajstić information content (AvgIpc) is 2.90. The molecule has 0 saturated heterocycles. The zero-order chi connectivity index (χ0) is 14.5. The topological polar surface area (TPSA) is 12.0 Å². The molecule has 1 N–H and O–H groups in total. The minimum absolute atomic E-state index is 0.0409. The number of nitrogens with one attached hydrogen (secondary N) is 1. The zero-order valence-electron chi connectivity index (χ0n) is 12.4. The molecule has 1 unspecified atom stereocenters. The van der Waals surface area contributed by atoms with Crippen LogP contribution in [0.15, 0.2) is 30.3 Å². The van der Waals surface area contributed by atoms with Gasteiger partial charge in [0.15, 0.2) is 0 Å². The van der Waals surface area contributed by atoms with Crippen molar-refractivity contribution in [1.29, 1.82) is 0 Å². The van der Waals surface area contributed by atoms with Crippen LogP contribution in [0.3, 0.4) is 0 Å². The van der Waals surface area contributed by atoms with Crippen LogP contribution in [0.1, 0.15) is 47.2 Å². The molecular weight excluding hydrogens is 269 g/mol. The Hall–Kier alpha value is -1.19. The van der Waals surface area contributed by atoms with E-state index in [1.165, 1.54) is 9.75 Å². The van der Waals surface area contributed by atoms with Gasteiger partial charge in [-0.3, -0.25) is 0 Å². The molecule has 0 aliphatic heterocycles. The molecular formula is C17H22FNS. The van der Waals surface area contributed by atoms with Gasteiger partial charge in [-0.15, -0.1) is 11.3 Å². The van der Waals surface area contributed by atoms with Gasteiger partial charge >= 0.3 is 0 Å². The van der Waals surface area contributed by atoms with E-state index < -0.39 is 0 Å². The molecule has 0 bridgehead atoms. The third kappa shape index (κ3) is 3.47. The minimum atomic E-state index is -0.120.